The average Bonchev–Trinajstić information content (AvgIpc) is 2.85. The summed E-state index contributed by atoms with van der Waals surface area (Å²) in [6, 6.07) is 11.5. The van der Waals surface area contributed by atoms with Crippen molar-refractivity contribution in [3.63, 3.8) is 0 Å². The monoisotopic (exact) mass is 507 g/mol. The molecule has 3 atom stereocenters. The zero-order valence-electron chi connectivity index (χ0n) is 22.0. The number of hydrogen-bond acceptors (Lipinski definition) is 5. The summed E-state index contributed by atoms with van der Waals surface area (Å²) in [7, 11) is 1.42. The highest BCUT2D eigenvalue weighted by molar-refractivity contribution is 5.93. The average molecular weight is 508 g/mol. The number of aromatic hydroxyl groups is 1. The van der Waals surface area contributed by atoms with Gasteiger partial charge in [0.05, 0.1) is 6.04 Å². The molecule has 8 heteroatoms. The zero-order valence-corrected chi connectivity index (χ0v) is 22.0. The van der Waals surface area contributed by atoms with E-state index in [0.29, 0.717) is 6.42 Å². The molecule has 0 radical (unpaired) electrons. The molecule has 0 aromatic heterocycles. The molecule has 8 nitrogen and oxygen atoms in total. The number of aryl methyl sites for hydroxylation is 1. The Morgan fingerprint density at radius 2 is 1.86 bits per heavy atom. The number of fused-ring (bicyclic) bond motifs is 2. The number of nitrogens with zero attached hydrogens (tertiary/aromatic N) is 1. The van der Waals surface area contributed by atoms with Gasteiger partial charge in [0.15, 0.2) is 0 Å². The second-order valence-corrected chi connectivity index (χ2v) is 11.1. The molecule has 198 valence electrons. The minimum Gasteiger partial charge on any atom is -0.508 e. The summed E-state index contributed by atoms with van der Waals surface area (Å²) >= 11 is 0. The Labute approximate surface area is 218 Å². The van der Waals surface area contributed by atoms with Crippen LogP contribution in [0.2, 0.25) is 0 Å². The third-order valence-electron chi connectivity index (χ3n) is 7.29. The first-order valence-corrected chi connectivity index (χ1v) is 12.9. The third-order valence-corrected chi connectivity index (χ3v) is 7.29. The molecule has 4 rings (SSSR count). The summed E-state index contributed by atoms with van der Waals surface area (Å²) in [5.74, 6) is -0.848. The predicted octanol–water partition coefficient (Wildman–Crippen LogP) is 3.02. The van der Waals surface area contributed by atoms with Crippen molar-refractivity contribution in [1.29, 1.82) is 0 Å². The largest absolute Gasteiger partial charge is 0.508 e. The van der Waals surface area contributed by atoms with Gasteiger partial charge in [0.1, 0.15) is 24.4 Å². The fourth-order valence-electron chi connectivity index (χ4n) is 5.36. The molecule has 2 aromatic carbocycles. The highest BCUT2D eigenvalue weighted by Crippen LogP contribution is 2.32. The number of rotatable bonds is 6. The second-order valence-electron chi connectivity index (χ2n) is 11.1. The summed E-state index contributed by atoms with van der Waals surface area (Å²) in [6.07, 6.45) is 3.13. The van der Waals surface area contributed by atoms with Gasteiger partial charge in [0.25, 0.3) is 0 Å². The van der Waals surface area contributed by atoms with Crippen molar-refractivity contribution in [2.75, 3.05) is 13.7 Å². The normalized spacial score (nSPS) is 19.8. The second kappa shape index (κ2) is 10.9. The van der Waals surface area contributed by atoms with Crippen molar-refractivity contribution in [2.24, 2.45) is 5.41 Å². The Balaban J connectivity index is 1.65. The molecule has 1 aliphatic heterocycles. The number of nitrogens with one attached hydrogen (secondary N) is 2. The summed E-state index contributed by atoms with van der Waals surface area (Å²) in [5.41, 5.74) is 3.46. The maximum absolute atomic E-state index is 14.0. The van der Waals surface area contributed by atoms with Crippen molar-refractivity contribution >= 4 is 17.7 Å². The minimum absolute atomic E-state index is 0.105. The van der Waals surface area contributed by atoms with Crippen LogP contribution in [0.25, 0.3) is 0 Å². The van der Waals surface area contributed by atoms with Gasteiger partial charge in [0, 0.05) is 20.1 Å². The van der Waals surface area contributed by atoms with Crippen molar-refractivity contribution in [3.05, 3.63) is 64.7 Å². The first-order valence-electron chi connectivity index (χ1n) is 12.9. The molecule has 0 spiro atoms. The maximum Gasteiger partial charge on any atom is 0.246 e. The summed E-state index contributed by atoms with van der Waals surface area (Å²) in [6.45, 7) is 5.62. The van der Waals surface area contributed by atoms with E-state index in [2.05, 4.69) is 22.8 Å². The van der Waals surface area contributed by atoms with Crippen LogP contribution in [-0.2, 0) is 38.5 Å². The Morgan fingerprint density at radius 3 is 2.59 bits per heavy atom. The molecule has 37 heavy (non-hydrogen) atoms. The molecule has 3 amide bonds. The topological polar surface area (TPSA) is 108 Å². The van der Waals surface area contributed by atoms with E-state index in [1.54, 1.807) is 17.0 Å². The molecule has 0 saturated heterocycles. The van der Waals surface area contributed by atoms with Crippen LogP contribution in [0.1, 0.15) is 61.9 Å². The number of carbonyl (C=O) groups is 3. The smallest absolute Gasteiger partial charge is 0.246 e. The quantitative estimate of drug-likeness (QED) is 0.557. The molecular formula is C29H37N3O5. The van der Waals surface area contributed by atoms with E-state index in [0.717, 1.165) is 36.0 Å². The molecule has 1 unspecified atom stereocenters. The Morgan fingerprint density at radius 1 is 1.11 bits per heavy atom. The van der Waals surface area contributed by atoms with E-state index >= 15 is 0 Å². The van der Waals surface area contributed by atoms with Crippen molar-refractivity contribution in [1.82, 2.24) is 15.5 Å². The number of hydrogen-bond donors (Lipinski definition) is 3. The molecular weight excluding hydrogens is 470 g/mol. The van der Waals surface area contributed by atoms with E-state index in [-0.39, 0.29) is 36.8 Å². The van der Waals surface area contributed by atoms with E-state index in [1.807, 2.05) is 39.0 Å². The van der Waals surface area contributed by atoms with Gasteiger partial charge in [-0.3, -0.25) is 14.4 Å². The van der Waals surface area contributed by atoms with Crippen LogP contribution in [0.3, 0.4) is 0 Å². The minimum atomic E-state index is -0.861. The highest BCUT2D eigenvalue weighted by atomic mass is 16.5. The number of methoxy groups -OCH3 is 1. The SMILES string of the molecule is COCC(=O)NC(C(=O)N1Cc2cc(O)ccc2C[C@H]1C(=O)N[C@@H]1CCCc2ccccc21)C(C)(C)C. The van der Waals surface area contributed by atoms with Gasteiger partial charge in [0.2, 0.25) is 17.7 Å². The predicted molar refractivity (Wildman–Crippen MR) is 140 cm³/mol. The molecule has 0 fully saturated rings. The molecule has 2 aromatic rings. The third kappa shape index (κ3) is 5.96. The van der Waals surface area contributed by atoms with Gasteiger partial charge in [-0.1, -0.05) is 51.1 Å². The van der Waals surface area contributed by atoms with E-state index in [1.165, 1.54) is 12.7 Å². The van der Waals surface area contributed by atoms with Gasteiger partial charge in [-0.05, 0) is 59.1 Å². The Hall–Kier alpha value is -3.39. The Bertz CT molecular complexity index is 1170. The summed E-state index contributed by atoms with van der Waals surface area (Å²) in [4.78, 5) is 41.8. The van der Waals surface area contributed by atoms with Crippen molar-refractivity contribution < 1.29 is 24.2 Å². The standard InChI is InChI=1S/C29H37N3O5/c1-29(2,3)26(31-25(34)17-37-4)28(36)32-16-20-14-21(33)13-12-19(20)15-24(32)27(35)30-23-11-7-9-18-8-5-6-10-22(18)23/h5-6,8,10,12-14,23-24,26,33H,7,9,11,15-17H2,1-4H3,(H,30,35)(H,31,34)/t23-,24+,26?/m1/s1. The van der Waals surface area contributed by atoms with Gasteiger partial charge < -0.3 is 25.4 Å². The molecule has 1 aliphatic carbocycles. The van der Waals surface area contributed by atoms with Gasteiger partial charge in [-0.25, -0.2) is 0 Å². The summed E-state index contributed by atoms with van der Waals surface area (Å²) in [5, 5.41) is 16.1. The fourth-order valence-corrected chi connectivity index (χ4v) is 5.36. The van der Waals surface area contributed by atoms with Crippen LogP contribution in [-0.4, -0.2) is 53.5 Å². The molecule has 2 aliphatic rings. The lowest BCUT2D eigenvalue weighted by Gasteiger charge is -2.41. The number of phenols is 1. The number of carbonyl (C=O) groups excluding carboxylic acids is 3. The van der Waals surface area contributed by atoms with Gasteiger partial charge in [-0.15, -0.1) is 0 Å². The first kappa shape index (κ1) is 26.7. The fraction of sp³-hybridized carbons (Fsp3) is 0.483. The molecule has 0 bridgehead atoms. The lowest BCUT2D eigenvalue weighted by molar-refractivity contribution is -0.147. The van der Waals surface area contributed by atoms with Crippen LogP contribution < -0.4 is 10.6 Å². The number of ether oxygens (including phenoxy) is 1. The van der Waals surface area contributed by atoms with Gasteiger partial charge in [-0.2, -0.15) is 0 Å². The molecule has 0 saturated carbocycles. The van der Waals surface area contributed by atoms with E-state index in [9.17, 15) is 19.5 Å². The first-order chi connectivity index (χ1) is 17.6. The number of phenolic OH excluding ortho intramolecular Hbond substituents is 1. The molecule has 1 heterocycles. The van der Waals surface area contributed by atoms with Crippen LogP contribution in [0.4, 0.5) is 0 Å². The lowest BCUT2D eigenvalue weighted by atomic mass is 9.84. The number of benzene rings is 2. The molecule has 3 N–H and O–H groups in total. The lowest BCUT2D eigenvalue weighted by Crippen LogP contribution is -2.61. The zero-order chi connectivity index (χ0) is 26.7. The van der Waals surface area contributed by atoms with Crippen LogP contribution in [0, 0.1) is 5.41 Å². The van der Waals surface area contributed by atoms with Crippen molar-refractivity contribution in [2.45, 2.75) is 71.1 Å². The van der Waals surface area contributed by atoms with E-state index < -0.39 is 23.4 Å². The van der Waals surface area contributed by atoms with Crippen molar-refractivity contribution in [3.8, 4) is 5.75 Å². The van der Waals surface area contributed by atoms with Crippen LogP contribution in [0.15, 0.2) is 42.5 Å². The number of amides is 3. The van der Waals surface area contributed by atoms with E-state index in [4.69, 9.17) is 4.74 Å². The Kier molecular flexibility index (Phi) is 7.87. The maximum atomic E-state index is 14.0. The van der Waals surface area contributed by atoms with Crippen LogP contribution >= 0.6 is 0 Å². The van der Waals surface area contributed by atoms with Crippen LogP contribution in [0.5, 0.6) is 5.75 Å². The van der Waals surface area contributed by atoms with Gasteiger partial charge >= 0.3 is 0 Å². The summed E-state index contributed by atoms with van der Waals surface area (Å²) < 4.78 is 4.95. The highest BCUT2D eigenvalue weighted by Gasteiger charge is 2.42.